The molecule has 27 heavy (non-hydrogen) atoms. The predicted molar refractivity (Wildman–Crippen MR) is 105 cm³/mol. The van der Waals surface area contributed by atoms with E-state index in [0.29, 0.717) is 6.61 Å². The summed E-state index contributed by atoms with van der Waals surface area (Å²) in [6.07, 6.45) is 2.12. The van der Waals surface area contributed by atoms with Crippen molar-refractivity contribution in [1.82, 2.24) is 9.47 Å². The third-order valence-electron chi connectivity index (χ3n) is 5.12. The van der Waals surface area contributed by atoms with Gasteiger partial charge in [-0.25, -0.2) is 0 Å². The van der Waals surface area contributed by atoms with E-state index in [-0.39, 0.29) is 11.9 Å². The van der Waals surface area contributed by atoms with Crippen LogP contribution in [0.15, 0.2) is 79.0 Å². The Bertz CT molecular complexity index is 834. The number of carbonyl (C=O) groups excluding carboxylic acids is 1. The molecule has 0 aliphatic carbocycles. The minimum absolute atomic E-state index is 0.187. The molecule has 0 atom stereocenters. The molecule has 0 bridgehead atoms. The summed E-state index contributed by atoms with van der Waals surface area (Å²) < 4.78 is 7.98. The zero-order valence-electron chi connectivity index (χ0n) is 15.3. The highest BCUT2D eigenvalue weighted by Gasteiger charge is 2.24. The van der Waals surface area contributed by atoms with Crippen LogP contribution in [0.25, 0.3) is 0 Å². The summed E-state index contributed by atoms with van der Waals surface area (Å²) in [6, 6.07) is 23.9. The van der Waals surface area contributed by atoms with E-state index in [1.165, 1.54) is 5.69 Å². The van der Waals surface area contributed by atoms with Crippen LogP contribution >= 0.6 is 0 Å². The van der Waals surface area contributed by atoms with Crippen molar-refractivity contribution in [1.29, 1.82) is 0 Å². The molecule has 0 amide bonds. The van der Waals surface area contributed by atoms with Gasteiger partial charge < -0.3 is 9.30 Å². The van der Waals surface area contributed by atoms with Crippen molar-refractivity contribution < 1.29 is 9.53 Å². The lowest BCUT2D eigenvalue weighted by Gasteiger charge is -2.28. The standard InChI is InChI=1S/C23H24N2O2/c26-23(27-17-16-24-14-15-25-13-7-12-21(25)18-24)22(19-8-3-1-4-9-19)20-10-5-2-6-11-20/h1-13,22H,14-18H2. The van der Waals surface area contributed by atoms with Crippen molar-refractivity contribution >= 4 is 5.97 Å². The monoisotopic (exact) mass is 360 g/mol. The Morgan fingerprint density at radius 1 is 0.889 bits per heavy atom. The number of fused-ring (bicyclic) bond motifs is 1. The van der Waals surface area contributed by atoms with Crippen LogP contribution in [0.3, 0.4) is 0 Å². The first-order chi connectivity index (χ1) is 13.3. The average Bonchev–Trinajstić information content (AvgIpc) is 3.18. The molecule has 1 aliphatic heterocycles. The van der Waals surface area contributed by atoms with Crippen molar-refractivity contribution in [3.8, 4) is 0 Å². The number of nitrogens with zero attached hydrogens (tertiary/aromatic N) is 2. The molecule has 1 aromatic heterocycles. The smallest absolute Gasteiger partial charge is 0.317 e. The molecule has 0 radical (unpaired) electrons. The summed E-state index contributed by atoms with van der Waals surface area (Å²) in [5, 5.41) is 0. The number of hydrogen-bond donors (Lipinski definition) is 0. The lowest BCUT2D eigenvalue weighted by molar-refractivity contribution is -0.144. The molecule has 2 heterocycles. The number of hydrogen-bond acceptors (Lipinski definition) is 3. The number of aromatic nitrogens is 1. The largest absolute Gasteiger partial charge is 0.464 e. The third kappa shape index (κ3) is 4.12. The topological polar surface area (TPSA) is 34.5 Å². The first kappa shape index (κ1) is 17.6. The van der Waals surface area contributed by atoms with E-state index in [1.54, 1.807) is 0 Å². The van der Waals surface area contributed by atoms with Crippen molar-refractivity contribution in [2.24, 2.45) is 0 Å². The summed E-state index contributed by atoms with van der Waals surface area (Å²) in [6.45, 7) is 4.06. The second kappa shape index (κ2) is 8.23. The molecular weight excluding hydrogens is 336 g/mol. The lowest BCUT2D eigenvalue weighted by Crippen LogP contribution is -2.36. The minimum Gasteiger partial charge on any atom is -0.464 e. The zero-order valence-corrected chi connectivity index (χ0v) is 15.3. The fourth-order valence-corrected chi connectivity index (χ4v) is 3.67. The maximum absolute atomic E-state index is 12.9. The summed E-state index contributed by atoms with van der Waals surface area (Å²) in [5.74, 6) is -0.571. The summed E-state index contributed by atoms with van der Waals surface area (Å²) >= 11 is 0. The van der Waals surface area contributed by atoms with Gasteiger partial charge in [0.2, 0.25) is 0 Å². The molecule has 138 valence electrons. The van der Waals surface area contributed by atoms with Crippen LogP contribution in [-0.2, 0) is 22.6 Å². The maximum Gasteiger partial charge on any atom is 0.317 e. The summed E-state index contributed by atoms with van der Waals surface area (Å²) in [5.41, 5.74) is 3.24. The van der Waals surface area contributed by atoms with Crippen LogP contribution in [0.5, 0.6) is 0 Å². The Morgan fingerprint density at radius 3 is 2.22 bits per heavy atom. The van der Waals surface area contributed by atoms with Gasteiger partial charge in [0.25, 0.3) is 0 Å². The van der Waals surface area contributed by atoms with Crippen molar-refractivity contribution in [2.75, 3.05) is 19.7 Å². The molecule has 3 aromatic rings. The van der Waals surface area contributed by atoms with E-state index >= 15 is 0 Å². The van der Waals surface area contributed by atoms with Crippen LogP contribution in [0.4, 0.5) is 0 Å². The SMILES string of the molecule is O=C(OCCN1CCn2cccc2C1)C(c1ccccc1)c1ccccc1. The molecule has 0 spiro atoms. The van der Waals surface area contributed by atoms with E-state index in [1.807, 2.05) is 60.7 Å². The zero-order chi connectivity index (χ0) is 18.5. The lowest BCUT2D eigenvalue weighted by atomic mass is 9.91. The highest BCUT2D eigenvalue weighted by Crippen LogP contribution is 2.26. The molecule has 2 aromatic carbocycles. The molecular formula is C23H24N2O2. The van der Waals surface area contributed by atoms with Crippen LogP contribution in [0.2, 0.25) is 0 Å². The summed E-state index contributed by atoms with van der Waals surface area (Å²) in [4.78, 5) is 15.2. The van der Waals surface area contributed by atoms with Gasteiger partial charge in [0.15, 0.2) is 0 Å². The van der Waals surface area contributed by atoms with Gasteiger partial charge in [0.1, 0.15) is 12.5 Å². The van der Waals surface area contributed by atoms with Gasteiger partial charge in [-0.3, -0.25) is 9.69 Å². The van der Waals surface area contributed by atoms with Crippen molar-refractivity contribution in [3.63, 3.8) is 0 Å². The second-order valence-electron chi connectivity index (χ2n) is 6.89. The maximum atomic E-state index is 12.9. The van der Waals surface area contributed by atoms with Crippen LogP contribution < -0.4 is 0 Å². The number of benzene rings is 2. The fourth-order valence-electron chi connectivity index (χ4n) is 3.67. The Labute approximate surface area is 160 Å². The normalized spacial score (nSPS) is 14.1. The van der Waals surface area contributed by atoms with Crippen LogP contribution in [0.1, 0.15) is 22.7 Å². The summed E-state index contributed by atoms with van der Waals surface area (Å²) in [7, 11) is 0. The predicted octanol–water partition coefficient (Wildman–Crippen LogP) is 3.68. The Balaban J connectivity index is 1.39. The molecule has 0 fully saturated rings. The van der Waals surface area contributed by atoms with Gasteiger partial charge in [-0.1, -0.05) is 60.7 Å². The highest BCUT2D eigenvalue weighted by molar-refractivity contribution is 5.82. The van der Waals surface area contributed by atoms with Gasteiger partial charge in [-0.05, 0) is 23.3 Å². The van der Waals surface area contributed by atoms with Gasteiger partial charge in [-0.2, -0.15) is 0 Å². The molecule has 0 saturated carbocycles. The van der Waals surface area contributed by atoms with E-state index in [4.69, 9.17) is 4.74 Å². The number of ether oxygens (including phenoxy) is 1. The van der Waals surface area contributed by atoms with Gasteiger partial charge in [0.05, 0.1) is 0 Å². The number of carbonyl (C=O) groups is 1. The highest BCUT2D eigenvalue weighted by atomic mass is 16.5. The number of rotatable bonds is 6. The second-order valence-corrected chi connectivity index (χ2v) is 6.89. The van der Waals surface area contributed by atoms with Gasteiger partial charge in [0, 0.05) is 38.1 Å². The molecule has 4 nitrogen and oxygen atoms in total. The van der Waals surface area contributed by atoms with E-state index < -0.39 is 0 Å². The van der Waals surface area contributed by atoms with E-state index in [2.05, 4.69) is 27.8 Å². The first-order valence-electron chi connectivity index (χ1n) is 9.44. The van der Waals surface area contributed by atoms with Gasteiger partial charge >= 0.3 is 5.97 Å². The van der Waals surface area contributed by atoms with Crippen LogP contribution in [-0.4, -0.2) is 35.1 Å². The molecule has 0 saturated heterocycles. The Kier molecular flexibility index (Phi) is 5.35. The quantitative estimate of drug-likeness (QED) is 0.629. The fraction of sp³-hybridized carbons (Fsp3) is 0.261. The third-order valence-corrected chi connectivity index (χ3v) is 5.12. The molecule has 0 unspecified atom stereocenters. The average molecular weight is 360 g/mol. The Hall–Kier alpha value is -2.85. The van der Waals surface area contributed by atoms with Crippen LogP contribution in [0, 0.1) is 0 Å². The molecule has 4 heteroatoms. The molecule has 0 N–H and O–H groups in total. The van der Waals surface area contributed by atoms with Gasteiger partial charge in [-0.15, -0.1) is 0 Å². The minimum atomic E-state index is -0.383. The number of esters is 1. The van der Waals surface area contributed by atoms with Crippen molar-refractivity contribution in [3.05, 3.63) is 95.8 Å². The van der Waals surface area contributed by atoms with E-state index in [0.717, 1.165) is 37.3 Å². The molecule has 4 rings (SSSR count). The first-order valence-corrected chi connectivity index (χ1v) is 9.44. The van der Waals surface area contributed by atoms with Crippen molar-refractivity contribution in [2.45, 2.75) is 19.0 Å². The van der Waals surface area contributed by atoms with E-state index in [9.17, 15) is 4.79 Å². The Morgan fingerprint density at radius 2 is 1.56 bits per heavy atom. The molecule has 1 aliphatic rings.